The molecule has 0 aromatic carbocycles. The van der Waals surface area contributed by atoms with E-state index in [1.165, 1.54) is 0 Å². The van der Waals surface area contributed by atoms with Crippen molar-refractivity contribution in [1.82, 2.24) is 4.90 Å². The smallest absolute Gasteiger partial charge is 0.303 e. The van der Waals surface area contributed by atoms with Crippen molar-refractivity contribution in [3.8, 4) is 0 Å². The Bertz CT molecular complexity index is 256. The SMILES string of the molecule is NC(=O)C1CCCN(CCCCC(=O)O)C1. The molecule has 1 aliphatic heterocycles. The summed E-state index contributed by atoms with van der Waals surface area (Å²) < 4.78 is 0. The van der Waals surface area contributed by atoms with E-state index in [9.17, 15) is 9.59 Å². The van der Waals surface area contributed by atoms with Gasteiger partial charge in [-0.25, -0.2) is 0 Å². The van der Waals surface area contributed by atoms with Gasteiger partial charge in [-0.2, -0.15) is 0 Å². The van der Waals surface area contributed by atoms with Gasteiger partial charge < -0.3 is 15.7 Å². The quantitative estimate of drug-likeness (QED) is 0.646. The first kappa shape index (κ1) is 13.0. The molecular weight excluding hydrogens is 208 g/mol. The number of hydrogen-bond donors (Lipinski definition) is 2. The number of carbonyl (C=O) groups excluding carboxylic acids is 1. The Morgan fingerprint density at radius 3 is 2.75 bits per heavy atom. The Balaban J connectivity index is 2.17. The van der Waals surface area contributed by atoms with E-state index in [2.05, 4.69) is 4.90 Å². The molecule has 0 aliphatic carbocycles. The molecule has 0 radical (unpaired) electrons. The van der Waals surface area contributed by atoms with Gasteiger partial charge in [0.1, 0.15) is 0 Å². The highest BCUT2D eigenvalue weighted by Crippen LogP contribution is 2.16. The van der Waals surface area contributed by atoms with Gasteiger partial charge in [0.15, 0.2) is 0 Å². The summed E-state index contributed by atoms with van der Waals surface area (Å²) in [6.07, 6.45) is 3.70. The molecule has 5 heteroatoms. The van der Waals surface area contributed by atoms with Crippen molar-refractivity contribution in [1.29, 1.82) is 0 Å². The number of piperidine rings is 1. The van der Waals surface area contributed by atoms with Crippen LogP contribution in [0.1, 0.15) is 32.1 Å². The number of unbranched alkanes of at least 4 members (excludes halogenated alkanes) is 1. The molecule has 1 atom stereocenters. The van der Waals surface area contributed by atoms with Crippen LogP contribution in [0, 0.1) is 5.92 Å². The van der Waals surface area contributed by atoms with E-state index in [1.807, 2.05) is 0 Å². The Morgan fingerprint density at radius 1 is 1.38 bits per heavy atom. The monoisotopic (exact) mass is 228 g/mol. The Morgan fingerprint density at radius 2 is 2.12 bits per heavy atom. The number of aliphatic carboxylic acids is 1. The van der Waals surface area contributed by atoms with Crippen LogP contribution in [0.3, 0.4) is 0 Å². The fourth-order valence-corrected chi connectivity index (χ4v) is 2.10. The van der Waals surface area contributed by atoms with Crippen molar-refractivity contribution in [2.45, 2.75) is 32.1 Å². The summed E-state index contributed by atoms with van der Waals surface area (Å²) in [6, 6.07) is 0. The molecule has 0 spiro atoms. The molecule has 0 saturated carbocycles. The van der Waals surface area contributed by atoms with E-state index in [1.54, 1.807) is 0 Å². The summed E-state index contributed by atoms with van der Waals surface area (Å²) in [4.78, 5) is 23.6. The van der Waals surface area contributed by atoms with Crippen LogP contribution in [0.5, 0.6) is 0 Å². The summed E-state index contributed by atoms with van der Waals surface area (Å²) in [6.45, 7) is 2.61. The lowest BCUT2D eigenvalue weighted by molar-refractivity contribution is -0.137. The zero-order valence-corrected chi connectivity index (χ0v) is 9.52. The largest absolute Gasteiger partial charge is 0.481 e. The van der Waals surface area contributed by atoms with Gasteiger partial charge in [-0.1, -0.05) is 0 Å². The van der Waals surface area contributed by atoms with E-state index in [4.69, 9.17) is 10.8 Å². The van der Waals surface area contributed by atoms with Gasteiger partial charge in [-0.05, 0) is 38.8 Å². The van der Waals surface area contributed by atoms with Crippen molar-refractivity contribution in [3.05, 3.63) is 0 Å². The van der Waals surface area contributed by atoms with Gasteiger partial charge in [-0.3, -0.25) is 9.59 Å². The van der Waals surface area contributed by atoms with Crippen LogP contribution in [0.2, 0.25) is 0 Å². The summed E-state index contributed by atoms with van der Waals surface area (Å²) in [5.74, 6) is -0.975. The summed E-state index contributed by atoms with van der Waals surface area (Å²) in [5, 5.41) is 8.49. The lowest BCUT2D eigenvalue weighted by Gasteiger charge is -2.30. The van der Waals surface area contributed by atoms with E-state index in [-0.39, 0.29) is 18.2 Å². The molecule has 1 unspecified atom stereocenters. The Labute approximate surface area is 95.6 Å². The number of hydrogen-bond acceptors (Lipinski definition) is 3. The van der Waals surface area contributed by atoms with E-state index in [0.29, 0.717) is 6.42 Å². The zero-order chi connectivity index (χ0) is 12.0. The number of primary amides is 1. The maximum absolute atomic E-state index is 11.0. The van der Waals surface area contributed by atoms with Gasteiger partial charge in [0.05, 0.1) is 5.92 Å². The first-order chi connectivity index (χ1) is 7.59. The third-order valence-electron chi connectivity index (χ3n) is 3.02. The summed E-state index contributed by atoms with van der Waals surface area (Å²) >= 11 is 0. The average Bonchev–Trinajstić information content (AvgIpc) is 2.24. The molecule has 0 aromatic heterocycles. The van der Waals surface area contributed by atoms with Gasteiger partial charge in [0, 0.05) is 13.0 Å². The Hall–Kier alpha value is -1.10. The maximum Gasteiger partial charge on any atom is 0.303 e. The van der Waals surface area contributed by atoms with Gasteiger partial charge in [0.25, 0.3) is 0 Å². The molecule has 1 fully saturated rings. The molecule has 5 nitrogen and oxygen atoms in total. The van der Waals surface area contributed by atoms with E-state index in [0.717, 1.165) is 38.9 Å². The number of likely N-dealkylation sites (tertiary alicyclic amines) is 1. The highest BCUT2D eigenvalue weighted by atomic mass is 16.4. The molecule has 92 valence electrons. The molecule has 1 amide bonds. The van der Waals surface area contributed by atoms with Crippen molar-refractivity contribution < 1.29 is 14.7 Å². The Kier molecular flexibility index (Phi) is 5.25. The van der Waals surface area contributed by atoms with Crippen LogP contribution in [-0.2, 0) is 9.59 Å². The standard InChI is InChI=1S/C11H20N2O3/c12-11(16)9-4-3-7-13(8-9)6-2-1-5-10(14)15/h9H,1-8H2,(H2,12,16)(H,14,15). The molecule has 1 heterocycles. The van der Waals surface area contributed by atoms with Crippen LogP contribution in [0.15, 0.2) is 0 Å². The fourth-order valence-electron chi connectivity index (χ4n) is 2.10. The molecule has 3 N–H and O–H groups in total. The van der Waals surface area contributed by atoms with Crippen molar-refractivity contribution in [2.24, 2.45) is 11.7 Å². The predicted octanol–water partition coefficient (Wildman–Crippen LogP) is 0.439. The van der Waals surface area contributed by atoms with Crippen LogP contribution in [-0.4, -0.2) is 41.5 Å². The van der Waals surface area contributed by atoms with Crippen molar-refractivity contribution >= 4 is 11.9 Å². The predicted molar refractivity (Wildman–Crippen MR) is 59.8 cm³/mol. The van der Waals surface area contributed by atoms with Gasteiger partial charge >= 0.3 is 5.97 Å². The minimum absolute atomic E-state index is 0.0202. The maximum atomic E-state index is 11.0. The van der Waals surface area contributed by atoms with E-state index < -0.39 is 5.97 Å². The summed E-state index contributed by atoms with van der Waals surface area (Å²) in [7, 11) is 0. The lowest BCUT2D eigenvalue weighted by atomic mass is 9.97. The molecule has 1 aliphatic rings. The number of amides is 1. The number of carboxylic acid groups (broad SMARTS) is 1. The first-order valence-electron chi connectivity index (χ1n) is 5.83. The molecular formula is C11H20N2O3. The molecule has 16 heavy (non-hydrogen) atoms. The highest BCUT2D eigenvalue weighted by molar-refractivity contribution is 5.76. The van der Waals surface area contributed by atoms with Crippen molar-refractivity contribution in [2.75, 3.05) is 19.6 Å². The molecule has 1 saturated heterocycles. The third-order valence-corrected chi connectivity index (χ3v) is 3.02. The zero-order valence-electron chi connectivity index (χ0n) is 9.52. The number of nitrogens with two attached hydrogens (primary N) is 1. The number of nitrogens with zero attached hydrogens (tertiary/aromatic N) is 1. The number of carboxylic acids is 1. The highest BCUT2D eigenvalue weighted by Gasteiger charge is 2.23. The topological polar surface area (TPSA) is 83.6 Å². The third kappa shape index (κ3) is 4.61. The van der Waals surface area contributed by atoms with Crippen LogP contribution in [0.4, 0.5) is 0 Å². The summed E-state index contributed by atoms with van der Waals surface area (Å²) in [5.41, 5.74) is 5.28. The van der Waals surface area contributed by atoms with Crippen LogP contribution < -0.4 is 5.73 Å². The number of carbonyl (C=O) groups is 2. The minimum Gasteiger partial charge on any atom is -0.481 e. The first-order valence-corrected chi connectivity index (χ1v) is 5.83. The average molecular weight is 228 g/mol. The van der Waals surface area contributed by atoms with Gasteiger partial charge in [0.2, 0.25) is 5.91 Å². The second kappa shape index (κ2) is 6.48. The molecule has 0 aromatic rings. The van der Waals surface area contributed by atoms with Gasteiger partial charge in [-0.15, -0.1) is 0 Å². The lowest BCUT2D eigenvalue weighted by Crippen LogP contribution is -2.41. The second-order valence-corrected chi connectivity index (χ2v) is 4.39. The normalized spacial score (nSPS) is 21.9. The number of rotatable bonds is 6. The second-order valence-electron chi connectivity index (χ2n) is 4.39. The van der Waals surface area contributed by atoms with Crippen LogP contribution >= 0.6 is 0 Å². The fraction of sp³-hybridized carbons (Fsp3) is 0.818. The molecule has 0 bridgehead atoms. The van der Waals surface area contributed by atoms with Crippen LogP contribution in [0.25, 0.3) is 0 Å². The molecule has 1 rings (SSSR count). The minimum atomic E-state index is -0.742. The van der Waals surface area contributed by atoms with E-state index >= 15 is 0 Å². The van der Waals surface area contributed by atoms with Crippen molar-refractivity contribution in [3.63, 3.8) is 0 Å².